The summed E-state index contributed by atoms with van der Waals surface area (Å²) in [4.78, 5) is 37.7. The molecule has 2 unspecified atom stereocenters. The molecule has 0 spiro atoms. The van der Waals surface area contributed by atoms with Crippen molar-refractivity contribution in [2.24, 2.45) is 0 Å². The lowest BCUT2D eigenvalue weighted by molar-refractivity contribution is -0.870. The number of likely N-dealkylation sites (N-methyl/N-ethyl adjacent to an activating group) is 1. The van der Waals surface area contributed by atoms with E-state index < -0.39 is 24.3 Å². The fourth-order valence-corrected chi connectivity index (χ4v) is 11.9. The van der Waals surface area contributed by atoms with E-state index >= 15 is 0 Å². The maximum absolute atomic E-state index is 13.0. The Kier molecular flexibility index (Phi) is 75.9. The highest BCUT2D eigenvalue weighted by Crippen LogP contribution is 2.19. The van der Waals surface area contributed by atoms with Crippen LogP contribution in [0, 0.1) is 0 Å². The van der Waals surface area contributed by atoms with E-state index in [0.29, 0.717) is 23.9 Å². The Balaban J connectivity index is 3.97. The Morgan fingerprint density at radius 1 is 0.303 bits per heavy atom. The Morgan fingerprint density at radius 3 is 0.808 bits per heavy atom. The first-order valence-corrected chi connectivity index (χ1v) is 41.7. The zero-order chi connectivity index (χ0) is 71.8. The topological polar surface area (TPSA) is 111 Å². The molecule has 0 aliphatic rings. The molecule has 2 atom stereocenters. The molecule has 0 aliphatic carbocycles. The van der Waals surface area contributed by atoms with Crippen molar-refractivity contribution in [3.05, 3.63) is 122 Å². The van der Waals surface area contributed by atoms with E-state index in [1.165, 1.54) is 244 Å². The maximum Gasteiger partial charge on any atom is 0.306 e. The van der Waals surface area contributed by atoms with Crippen molar-refractivity contribution < 1.29 is 42.9 Å². The number of nitrogens with zero attached hydrogens (tertiary/aromatic N) is 1. The largest absolute Gasteiger partial charge is 0.545 e. The molecule has 9 nitrogen and oxygen atoms in total. The molecule has 0 rings (SSSR count). The molecule has 0 amide bonds. The summed E-state index contributed by atoms with van der Waals surface area (Å²) in [6.07, 6.45) is 110. The van der Waals surface area contributed by atoms with Crippen LogP contribution >= 0.6 is 0 Å². The van der Waals surface area contributed by atoms with Gasteiger partial charge in [-0.1, -0.05) is 379 Å². The number of carbonyl (C=O) groups is 3. The van der Waals surface area contributed by atoms with Gasteiger partial charge >= 0.3 is 11.9 Å². The summed E-state index contributed by atoms with van der Waals surface area (Å²) in [6.45, 7) is 4.57. The molecule has 0 saturated carbocycles. The predicted molar refractivity (Wildman–Crippen MR) is 426 cm³/mol. The van der Waals surface area contributed by atoms with Gasteiger partial charge in [0.1, 0.15) is 13.2 Å². The number of carboxylic acids is 1. The van der Waals surface area contributed by atoms with Gasteiger partial charge in [-0.25, -0.2) is 0 Å². The smallest absolute Gasteiger partial charge is 0.306 e. The van der Waals surface area contributed by atoms with Crippen molar-refractivity contribution in [1.82, 2.24) is 0 Å². The van der Waals surface area contributed by atoms with Gasteiger partial charge in [0, 0.05) is 12.8 Å². The maximum atomic E-state index is 13.0. The highest BCUT2D eigenvalue weighted by Gasteiger charge is 2.22. The van der Waals surface area contributed by atoms with Crippen LogP contribution < -0.4 is 5.11 Å². The number of carboxylic acid groups (broad SMARTS) is 1. The van der Waals surface area contributed by atoms with Gasteiger partial charge < -0.3 is 33.3 Å². The minimum atomic E-state index is -1.62. The third-order valence-corrected chi connectivity index (χ3v) is 18.2. The number of carbonyl (C=O) groups excluding carboxylic acids is 3. The molecule has 0 fully saturated rings. The standard InChI is InChI=1S/C90H157NO8/c1-6-8-10-12-14-16-18-20-22-24-26-28-30-32-34-36-38-40-42-43-44-45-47-49-51-53-55-57-59-61-63-65-67-69-71-73-75-77-79-81-88(93)99-86(85-98-90(89(94)95)96-83-82-91(3,4)5)84-97-87(92)80-78-76-74-72-70-68-66-64-62-60-58-56-54-52-50-48-46-41-39-37-35-33-31-29-27-25-23-21-19-17-15-13-11-9-7-2/h8-11,14-17,20-23,26-29,32,34,38,40,86,90H,6-7,12-13,18-19,24-25,30-31,33,35-37,39,41-85H2,1-5H3/b10-8-,11-9-,16-14-,17-15-,22-20-,23-21-,28-26-,29-27-,34-32-,40-38-. The first-order chi connectivity index (χ1) is 48.6. The SMILES string of the molecule is CC/C=C\C/C=C\C/C=C\C/C=C\C/C=C\C/C=C\CCCCCCCCCCCCCCCCCCCCCCC(=O)OC(COC(=O)CCCCCCCCCCCCCCCCCCCCCCCC/C=C\C/C=C\C/C=C\C/C=C\CC)COC(OCC[N+](C)(C)C)C(=O)[O-]. The fraction of sp³-hybridized carbons (Fsp3) is 0.744. The van der Waals surface area contributed by atoms with Crippen molar-refractivity contribution in [1.29, 1.82) is 0 Å². The Morgan fingerprint density at radius 2 is 0.545 bits per heavy atom. The van der Waals surface area contributed by atoms with Crippen molar-refractivity contribution in [3.8, 4) is 0 Å². The third kappa shape index (κ3) is 80.9. The lowest BCUT2D eigenvalue weighted by atomic mass is 10.0. The van der Waals surface area contributed by atoms with Crippen LogP contribution in [0.25, 0.3) is 0 Å². The summed E-state index contributed by atoms with van der Waals surface area (Å²) in [5, 5.41) is 11.9. The van der Waals surface area contributed by atoms with Crippen molar-refractivity contribution >= 4 is 17.9 Å². The molecule has 0 aromatic carbocycles. The summed E-state index contributed by atoms with van der Waals surface area (Å²) < 4.78 is 22.9. The normalized spacial score (nSPS) is 13.3. The second-order valence-electron chi connectivity index (χ2n) is 29.0. The van der Waals surface area contributed by atoms with E-state index in [1.54, 1.807) is 0 Å². The number of ether oxygens (including phenoxy) is 4. The van der Waals surface area contributed by atoms with Gasteiger partial charge in [-0.15, -0.1) is 0 Å². The number of allylic oxidation sites excluding steroid dienone is 20. The summed E-state index contributed by atoms with van der Waals surface area (Å²) >= 11 is 0. The van der Waals surface area contributed by atoms with Crippen LogP contribution in [-0.2, 0) is 33.3 Å². The second kappa shape index (κ2) is 79.4. The summed E-state index contributed by atoms with van der Waals surface area (Å²) in [5.41, 5.74) is 0. The zero-order valence-electron chi connectivity index (χ0n) is 65.3. The van der Waals surface area contributed by atoms with E-state index in [1.807, 2.05) is 21.1 Å². The molecule has 0 heterocycles. The molecule has 0 bridgehead atoms. The molecule has 0 N–H and O–H groups in total. The third-order valence-electron chi connectivity index (χ3n) is 18.2. The van der Waals surface area contributed by atoms with Gasteiger partial charge in [0.15, 0.2) is 12.4 Å². The Bertz CT molecular complexity index is 2050. The van der Waals surface area contributed by atoms with Crippen molar-refractivity contribution in [2.45, 2.75) is 386 Å². The molecule has 0 aliphatic heterocycles. The van der Waals surface area contributed by atoms with Gasteiger partial charge in [0.2, 0.25) is 0 Å². The van der Waals surface area contributed by atoms with Gasteiger partial charge in [0.05, 0.1) is 40.3 Å². The van der Waals surface area contributed by atoms with E-state index in [9.17, 15) is 19.5 Å². The molecule has 0 aromatic rings. The monoisotopic (exact) mass is 1380 g/mol. The quantitative estimate of drug-likeness (QED) is 0.0195. The summed E-state index contributed by atoms with van der Waals surface area (Å²) in [7, 11) is 5.95. The van der Waals surface area contributed by atoms with Crippen molar-refractivity contribution in [2.75, 3.05) is 47.5 Å². The number of unbranched alkanes of at least 4 members (excludes halogenated alkanes) is 42. The van der Waals surface area contributed by atoms with Gasteiger partial charge in [-0.05, 0) is 103 Å². The number of hydrogen-bond donors (Lipinski definition) is 0. The molecule has 0 saturated heterocycles. The van der Waals surface area contributed by atoms with Gasteiger partial charge in [0.25, 0.3) is 0 Å². The van der Waals surface area contributed by atoms with Crippen LogP contribution in [0.1, 0.15) is 373 Å². The van der Waals surface area contributed by atoms with Crippen LogP contribution in [0.15, 0.2) is 122 Å². The summed E-state index contributed by atoms with van der Waals surface area (Å²) in [6, 6.07) is 0. The lowest BCUT2D eigenvalue weighted by Gasteiger charge is -2.26. The minimum Gasteiger partial charge on any atom is -0.545 e. The lowest BCUT2D eigenvalue weighted by Crippen LogP contribution is -2.44. The van der Waals surface area contributed by atoms with E-state index in [0.717, 1.165) is 96.3 Å². The average molecular weight is 1380 g/mol. The van der Waals surface area contributed by atoms with Gasteiger partial charge in [-0.3, -0.25) is 9.59 Å². The van der Waals surface area contributed by atoms with Crippen LogP contribution in [0.3, 0.4) is 0 Å². The molecule has 0 radical (unpaired) electrons. The number of rotatable bonds is 77. The minimum absolute atomic E-state index is 0.147. The number of hydrogen-bond acceptors (Lipinski definition) is 8. The van der Waals surface area contributed by atoms with E-state index in [-0.39, 0.29) is 32.2 Å². The number of quaternary nitrogens is 1. The number of esters is 2. The predicted octanol–water partition coefficient (Wildman–Crippen LogP) is 25.7. The highest BCUT2D eigenvalue weighted by atomic mass is 16.7. The molecule has 0 aromatic heterocycles. The second-order valence-corrected chi connectivity index (χ2v) is 29.0. The van der Waals surface area contributed by atoms with Crippen LogP contribution in [0.4, 0.5) is 0 Å². The zero-order valence-corrected chi connectivity index (χ0v) is 65.3. The van der Waals surface area contributed by atoms with E-state index in [2.05, 4.69) is 135 Å². The van der Waals surface area contributed by atoms with Crippen molar-refractivity contribution in [3.63, 3.8) is 0 Å². The van der Waals surface area contributed by atoms with Crippen LogP contribution in [-0.4, -0.2) is 82.3 Å². The van der Waals surface area contributed by atoms with Crippen LogP contribution in [0.5, 0.6) is 0 Å². The molecule has 99 heavy (non-hydrogen) atoms. The highest BCUT2D eigenvalue weighted by molar-refractivity contribution is 5.70. The fourth-order valence-electron chi connectivity index (χ4n) is 11.9. The summed E-state index contributed by atoms with van der Waals surface area (Å²) in [5.74, 6) is -2.26. The average Bonchev–Trinajstić information content (AvgIpc) is 1.14. The number of aliphatic carboxylic acids is 1. The first kappa shape index (κ1) is 94.7. The molecule has 570 valence electrons. The molecule has 9 heteroatoms. The van der Waals surface area contributed by atoms with Gasteiger partial charge in [-0.2, -0.15) is 0 Å². The van der Waals surface area contributed by atoms with E-state index in [4.69, 9.17) is 18.9 Å². The molecular weight excluding hydrogens is 1220 g/mol. The Hall–Kier alpha value is -4.31. The molecular formula is C90H157NO8. The van der Waals surface area contributed by atoms with Crippen LogP contribution in [0.2, 0.25) is 0 Å². The first-order valence-electron chi connectivity index (χ1n) is 41.7. The Labute approximate surface area is 612 Å².